The molecule has 1 heterocycles. The lowest BCUT2D eigenvalue weighted by atomic mass is 10.0. The summed E-state index contributed by atoms with van der Waals surface area (Å²) in [6, 6.07) is 9.90. The second-order valence-electron chi connectivity index (χ2n) is 5.79. The predicted octanol–water partition coefficient (Wildman–Crippen LogP) is 0.886. The van der Waals surface area contributed by atoms with E-state index in [0.717, 1.165) is 32.5 Å². The number of nitrogens with two attached hydrogens (primary N) is 1. The van der Waals surface area contributed by atoms with E-state index in [0.29, 0.717) is 12.5 Å². The number of methoxy groups -OCH3 is 1. The van der Waals surface area contributed by atoms with Crippen molar-refractivity contribution in [2.24, 2.45) is 11.7 Å². The molecule has 3 unspecified atom stereocenters. The van der Waals surface area contributed by atoms with Crippen molar-refractivity contribution in [1.29, 1.82) is 0 Å². The maximum atomic E-state index is 10.3. The molecule has 1 fully saturated rings. The standard InChI is InChI=1S/C16H26N2O2/c1-20-12-14-7-8-18(10-14)11-16(19)15(17)9-13-5-3-2-4-6-13/h2-6,14-16,19H,7-12,17H2,1H3. The fraction of sp³-hybridized carbons (Fsp3) is 0.625. The van der Waals surface area contributed by atoms with E-state index in [1.807, 2.05) is 18.2 Å². The Hall–Kier alpha value is -0.940. The van der Waals surface area contributed by atoms with Gasteiger partial charge in [-0.1, -0.05) is 30.3 Å². The van der Waals surface area contributed by atoms with Gasteiger partial charge in [-0.15, -0.1) is 0 Å². The quantitative estimate of drug-likeness (QED) is 0.777. The number of ether oxygens (including phenoxy) is 1. The Balaban J connectivity index is 1.75. The third kappa shape index (κ3) is 4.56. The summed E-state index contributed by atoms with van der Waals surface area (Å²) in [5.41, 5.74) is 7.30. The lowest BCUT2D eigenvalue weighted by Crippen LogP contribution is -2.44. The number of nitrogens with zero attached hydrogens (tertiary/aromatic N) is 1. The number of benzene rings is 1. The molecule has 0 radical (unpaired) electrons. The molecule has 4 heteroatoms. The smallest absolute Gasteiger partial charge is 0.0820 e. The zero-order valence-corrected chi connectivity index (χ0v) is 12.2. The summed E-state index contributed by atoms with van der Waals surface area (Å²) < 4.78 is 5.19. The Kier molecular flexibility index (Phi) is 5.98. The molecule has 1 aromatic carbocycles. The van der Waals surface area contributed by atoms with Gasteiger partial charge in [-0.05, 0) is 30.9 Å². The number of likely N-dealkylation sites (tertiary alicyclic amines) is 1. The first-order valence-corrected chi connectivity index (χ1v) is 7.38. The van der Waals surface area contributed by atoms with Crippen LogP contribution in [0, 0.1) is 5.92 Å². The molecule has 2 rings (SSSR count). The Morgan fingerprint density at radius 1 is 1.40 bits per heavy atom. The summed E-state index contributed by atoms with van der Waals surface area (Å²) in [5, 5.41) is 10.3. The highest BCUT2D eigenvalue weighted by Gasteiger charge is 2.26. The number of hydrogen-bond donors (Lipinski definition) is 2. The highest BCUT2D eigenvalue weighted by Crippen LogP contribution is 2.17. The average Bonchev–Trinajstić information content (AvgIpc) is 2.87. The highest BCUT2D eigenvalue weighted by molar-refractivity contribution is 5.16. The molecule has 1 saturated heterocycles. The topological polar surface area (TPSA) is 58.7 Å². The Morgan fingerprint density at radius 3 is 2.85 bits per heavy atom. The number of aliphatic hydroxyl groups excluding tert-OH is 1. The largest absolute Gasteiger partial charge is 0.390 e. The van der Waals surface area contributed by atoms with Crippen LogP contribution in [0.15, 0.2) is 30.3 Å². The Labute approximate surface area is 121 Å². The van der Waals surface area contributed by atoms with Crippen LogP contribution in [0.5, 0.6) is 0 Å². The fourth-order valence-corrected chi connectivity index (χ4v) is 2.87. The van der Waals surface area contributed by atoms with Crippen molar-refractivity contribution in [2.75, 3.05) is 33.4 Å². The fourth-order valence-electron chi connectivity index (χ4n) is 2.87. The van der Waals surface area contributed by atoms with Crippen LogP contribution in [-0.4, -0.2) is 55.5 Å². The maximum absolute atomic E-state index is 10.3. The van der Waals surface area contributed by atoms with Crippen LogP contribution in [0.2, 0.25) is 0 Å². The van der Waals surface area contributed by atoms with E-state index in [1.165, 1.54) is 5.56 Å². The van der Waals surface area contributed by atoms with E-state index in [1.54, 1.807) is 7.11 Å². The number of β-amino-alcohol motifs (C(OH)–C–C–N with tert-alkyl or cyclic N) is 1. The van der Waals surface area contributed by atoms with Crippen LogP contribution in [-0.2, 0) is 11.2 Å². The molecular formula is C16H26N2O2. The van der Waals surface area contributed by atoms with Gasteiger partial charge in [0.2, 0.25) is 0 Å². The molecule has 3 atom stereocenters. The molecule has 0 amide bonds. The maximum Gasteiger partial charge on any atom is 0.0820 e. The Bertz CT molecular complexity index is 385. The summed E-state index contributed by atoms with van der Waals surface area (Å²) in [6.45, 7) is 3.50. The first kappa shape index (κ1) is 15.4. The van der Waals surface area contributed by atoms with Crippen molar-refractivity contribution in [3.8, 4) is 0 Å². The van der Waals surface area contributed by atoms with Crippen molar-refractivity contribution in [3.05, 3.63) is 35.9 Å². The predicted molar refractivity (Wildman–Crippen MR) is 80.6 cm³/mol. The summed E-state index contributed by atoms with van der Waals surface area (Å²) >= 11 is 0. The van der Waals surface area contributed by atoms with Gasteiger partial charge < -0.3 is 20.5 Å². The van der Waals surface area contributed by atoms with Crippen LogP contribution in [0.1, 0.15) is 12.0 Å². The van der Waals surface area contributed by atoms with Gasteiger partial charge in [0.05, 0.1) is 12.7 Å². The van der Waals surface area contributed by atoms with E-state index in [9.17, 15) is 5.11 Å². The molecule has 3 N–H and O–H groups in total. The van der Waals surface area contributed by atoms with Gasteiger partial charge in [0, 0.05) is 26.2 Å². The van der Waals surface area contributed by atoms with E-state index >= 15 is 0 Å². The van der Waals surface area contributed by atoms with Crippen molar-refractivity contribution >= 4 is 0 Å². The van der Waals surface area contributed by atoms with Gasteiger partial charge in [-0.25, -0.2) is 0 Å². The number of hydrogen-bond acceptors (Lipinski definition) is 4. The second-order valence-corrected chi connectivity index (χ2v) is 5.79. The van der Waals surface area contributed by atoms with Gasteiger partial charge in [0.25, 0.3) is 0 Å². The van der Waals surface area contributed by atoms with Gasteiger partial charge in [-0.3, -0.25) is 0 Å². The molecular weight excluding hydrogens is 252 g/mol. The number of rotatable bonds is 7. The minimum atomic E-state index is -0.475. The van der Waals surface area contributed by atoms with Gasteiger partial charge in [0.15, 0.2) is 0 Å². The summed E-state index contributed by atoms with van der Waals surface area (Å²) in [6.07, 6.45) is 1.39. The molecule has 1 aliphatic rings. The van der Waals surface area contributed by atoms with Crippen molar-refractivity contribution in [3.63, 3.8) is 0 Å². The Morgan fingerprint density at radius 2 is 2.15 bits per heavy atom. The van der Waals surface area contributed by atoms with Gasteiger partial charge >= 0.3 is 0 Å². The SMILES string of the molecule is COCC1CCN(CC(O)C(N)Cc2ccccc2)C1. The molecule has 4 nitrogen and oxygen atoms in total. The van der Waals surface area contributed by atoms with Crippen molar-refractivity contribution in [1.82, 2.24) is 4.90 Å². The third-order valence-electron chi connectivity index (χ3n) is 4.03. The lowest BCUT2D eigenvalue weighted by Gasteiger charge is -2.24. The van der Waals surface area contributed by atoms with E-state index in [2.05, 4.69) is 17.0 Å². The summed E-state index contributed by atoms with van der Waals surface area (Å²) in [7, 11) is 1.74. The molecule has 0 spiro atoms. The summed E-state index contributed by atoms with van der Waals surface area (Å²) in [4.78, 5) is 2.29. The average molecular weight is 278 g/mol. The molecule has 0 bridgehead atoms. The van der Waals surface area contributed by atoms with Crippen LogP contribution in [0.4, 0.5) is 0 Å². The molecule has 0 aliphatic carbocycles. The number of aliphatic hydroxyl groups is 1. The zero-order valence-electron chi connectivity index (χ0n) is 12.2. The molecule has 0 saturated carbocycles. The molecule has 20 heavy (non-hydrogen) atoms. The van der Waals surface area contributed by atoms with Gasteiger partial charge in [0.1, 0.15) is 0 Å². The third-order valence-corrected chi connectivity index (χ3v) is 4.03. The van der Waals surface area contributed by atoms with Crippen LogP contribution in [0.3, 0.4) is 0 Å². The first-order chi connectivity index (χ1) is 9.69. The van der Waals surface area contributed by atoms with Gasteiger partial charge in [-0.2, -0.15) is 0 Å². The second kappa shape index (κ2) is 7.74. The normalized spacial score (nSPS) is 22.9. The minimum Gasteiger partial charge on any atom is -0.390 e. The molecule has 0 aromatic heterocycles. The first-order valence-electron chi connectivity index (χ1n) is 7.38. The van der Waals surface area contributed by atoms with Crippen molar-refractivity contribution < 1.29 is 9.84 Å². The molecule has 1 aliphatic heterocycles. The molecule has 1 aromatic rings. The lowest BCUT2D eigenvalue weighted by molar-refractivity contribution is 0.0950. The highest BCUT2D eigenvalue weighted by atomic mass is 16.5. The monoisotopic (exact) mass is 278 g/mol. The summed E-state index contributed by atoms with van der Waals surface area (Å²) in [5.74, 6) is 0.595. The van der Waals surface area contributed by atoms with E-state index in [4.69, 9.17) is 10.5 Å². The zero-order chi connectivity index (χ0) is 14.4. The van der Waals surface area contributed by atoms with Crippen LogP contribution >= 0.6 is 0 Å². The van der Waals surface area contributed by atoms with E-state index in [-0.39, 0.29) is 6.04 Å². The minimum absolute atomic E-state index is 0.209. The van der Waals surface area contributed by atoms with Crippen molar-refractivity contribution in [2.45, 2.75) is 25.0 Å². The molecule has 112 valence electrons. The van der Waals surface area contributed by atoms with E-state index < -0.39 is 6.10 Å². The van der Waals surface area contributed by atoms with Crippen LogP contribution < -0.4 is 5.73 Å². The van der Waals surface area contributed by atoms with Crippen LogP contribution in [0.25, 0.3) is 0 Å².